The molecule has 0 atom stereocenters. The van der Waals surface area contributed by atoms with E-state index in [4.69, 9.17) is 0 Å². The van der Waals surface area contributed by atoms with Crippen LogP contribution in [0.25, 0.3) is 0 Å². The fourth-order valence-electron chi connectivity index (χ4n) is 1.64. The Bertz CT molecular complexity index is 694. The van der Waals surface area contributed by atoms with Crippen molar-refractivity contribution in [3.63, 3.8) is 0 Å². The molecule has 2 N–H and O–H groups in total. The summed E-state index contributed by atoms with van der Waals surface area (Å²) in [5, 5.41) is 4.62. The average Bonchev–Trinajstić information content (AvgIpc) is 2.88. The highest BCUT2D eigenvalue weighted by Gasteiger charge is 2.06. The van der Waals surface area contributed by atoms with E-state index in [0.717, 1.165) is 11.8 Å². The average molecular weight is 310 g/mol. The minimum absolute atomic E-state index is 0.138. The van der Waals surface area contributed by atoms with Crippen molar-refractivity contribution in [2.45, 2.75) is 6.54 Å². The molecule has 7 heteroatoms. The summed E-state index contributed by atoms with van der Waals surface area (Å²) in [6, 6.07) is 10.5. The minimum Gasteiger partial charge on any atom is -0.347 e. The number of rotatable bonds is 5. The third kappa shape index (κ3) is 4.36. The van der Waals surface area contributed by atoms with Crippen molar-refractivity contribution in [2.75, 3.05) is 11.0 Å². The van der Waals surface area contributed by atoms with Gasteiger partial charge in [0, 0.05) is 12.2 Å². The van der Waals surface area contributed by atoms with E-state index >= 15 is 0 Å². The van der Waals surface area contributed by atoms with Crippen LogP contribution < -0.4 is 10.0 Å². The molecule has 1 amide bonds. The van der Waals surface area contributed by atoms with E-state index < -0.39 is 10.0 Å². The third-order valence-corrected chi connectivity index (χ3v) is 3.90. The maximum absolute atomic E-state index is 11.8. The fraction of sp³-hybridized carbons (Fsp3) is 0.154. The molecule has 1 aromatic heterocycles. The monoisotopic (exact) mass is 310 g/mol. The zero-order valence-electron chi connectivity index (χ0n) is 10.8. The normalized spacial score (nSPS) is 11.1. The molecule has 2 aromatic rings. The maximum atomic E-state index is 11.8. The van der Waals surface area contributed by atoms with Gasteiger partial charge in [-0.1, -0.05) is 18.2 Å². The summed E-state index contributed by atoms with van der Waals surface area (Å²) in [6.07, 6.45) is 1.10. The Hall–Kier alpha value is -1.86. The zero-order valence-corrected chi connectivity index (χ0v) is 12.4. The lowest BCUT2D eigenvalue weighted by Crippen LogP contribution is -2.21. The van der Waals surface area contributed by atoms with E-state index in [9.17, 15) is 13.2 Å². The van der Waals surface area contributed by atoms with Crippen molar-refractivity contribution >= 4 is 33.0 Å². The van der Waals surface area contributed by atoms with Gasteiger partial charge in [-0.25, -0.2) is 8.42 Å². The Morgan fingerprint density at radius 2 is 2.05 bits per heavy atom. The lowest BCUT2D eigenvalue weighted by molar-refractivity contribution is 0.0955. The van der Waals surface area contributed by atoms with Crippen molar-refractivity contribution < 1.29 is 13.2 Å². The van der Waals surface area contributed by atoms with Crippen LogP contribution >= 0.6 is 11.3 Å². The number of amides is 1. The Labute approximate surface area is 121 Å². The number of sulfonamides is 1. The van der Waals surface area contributed by atoms with E-state index in [1.807, 2.05) is 17.5 Å². The number of carbonyl (C=O) groups is 1. The molecular formula is C13H14N2O3S2. The predicted octanol–water partition coefficient (Wildman–Crippen LogP) is 2.05. The van der Waals surface area contributed by atoms with Crippen LogP contribution in [0.15, 0.2) is 41.8 Å². The lowest BCUT2D eigenvalue weighted by Gasteiger charge is -2.07. The van der Waals surface area contributed by atoms with E-state index in [-0.39, 0.29) is 5.91 Å². The second kappa shape index (κ2) is 6.06. The molecule has 0 radical (unpaired) electrons. The quantitative estimate of drug-likeness (QED) is 0.887. The molecule has 1 aromatic carbocycles. The number of thiophene rings is 1. The minimum atomic E-state index is -3.30. The summed E-state index contributed by atoms with van der Waals surface area (Å²) in [7, 11) is -3.30. The van der Waals surface area contributed by atoms with Crippen molar-refractivity contribution in [2.24, 2.45) is 0 Å². The summed E-state index contributed by atoms with van der Waals surface area (Å²) < 4.78 is 24.7. The van der Waals surface area contributed by atoms with Crippen molar-refractivity contribution in [1.82, 2.24) is 5.32 Å². The van der Waals surface area contributed by atoms with Gasteiger partial charge in [0.25, 0.3) is 5.91 Å². The van der Waals surface area contributed by atoms with Gasteiger partial charge in [0.1, 0.15) is 0 Å². The SMILES string of the molecule is CS(=O)(=O)Nc1cccc(CNC(=O)c2cccs2)c1. The second-order valence-corrected chi connectivity index (χ2v) is 6.93. The first kappa shape index (κ1) is 14.5. The van der Waals surface area contributed by atoms with Gasteiger partial charge in [-0.2, -0.15) is 0 Å². The van der Waals surface area contributed by atoms with Crippen LogP contribution in [0.5, 0.6) is 0 Å². The molecular weight excluding hydrogens is 296 g/mol. The fourth-order valence-corrected chi connectivity index (χ4v) is 2.83. The first-order valence-electron chi connectivity index (χ1n) is 5.82. The smallest absolute Gasteiger partial charge is 0.261 e. The summed E-state index contributed by atoms with van der Waals surface area (Å²) >= 11 is 1.37. The molecule has 0 saturated carbocycles. The lowest BCUT2D eigenvalue weighted by atomic mass is 10.2. The van der Waals surface area contributed by atoms with Gasteiger partial charge >= 0.3 is 0 Å². The molecule has 0 unspecified atom stereocenters. The largest absolute Gasteiger partial charge is 0.347 e. The van der Waals surface area contributed by atoms with Crippen LogP contribution in [0.2, 0.25) is 0 Å². The number of nitrogens with one attached hydrogen (secondary N) is 2. The summed E-state index contributed by atoms with van der Waals surface area (Å²) in [5.74, 6) is -0.138. The van der Waals surface area contributed by atoms with Crippen molar-refractivity contribution in [3.8, 4) is 0 Å². The number of benzene rings is 1. The van der Waals surface area contributed by atoms with Crippen LogP contribution in [-0.4, -0.2) is 20.6 Å². The van der Waals surface area contributed by atoms with Gasteiger partial charge in [0.05, 0.1) is 11.1 Å². The third-order valence-electron chi connectivity index (χ3n) is 2.43. The molecule has 0 aliphatic heterocycles. The zero-order chi connectivity index (χ0) is 14.6. The Morgan fingerprint density at radius 1 is 1.25 bits per heavy atom. The molecule has 0 bridgehead atoms. The van der Waals surface area contributed by atoms with Crippen LogP contribution in [0.3, 0.4) is 0 Å². The Balaban J connectivity index is 2.00. The van der Waals surface area contributed by atoms with E-state index in [1.54, 1.807) is 24.3 Å². The number of hydrogen-bond donors (Lipinski definition) is 2. The molecule has 5 nitrogen and oxygen atoms in total. The number of anilines is 1. The van der Waals surface area contributed by atoms with E-state index in [0.29, 0.717) is 17.1 Å². The number of carbonyl (C=O) groups excluding carboxylic acids is 1. The van der Waals surface area contributed by atoms with Crippen LogP contribution in [0, 0.1) is 0 Å². The van der Waals surface area contributed by atoms with Crippen LogP contribution in [0.1, 0.15) is 15.2 Å². The predicted molar refractivity (Wildman–Crippen MR) is 80.4 cm³/mol. The van der Waals surface area contributed by atoms with Gasteiger partial charge in [-0.15, -0.1) is 11.3 Å². The molecule has 0 spiro atoms. The molecule has 0 saturated heterocycles. The first-order valence-corrected chi connectivity index (χ1v) is 8.59. The Kier molecular flexibility index (Phi) is 4.41. The van der Waals surface area contributed by atoms with Gasteiger partial charge in [0.2, 0.25) is 10.0 Å². The van der Waals surface area contributed by atoms with Crippen LogP contribution in [-0.2, 0) is 16.6 Å². The van der Waals surface area contributed by atoms with E-state index in [1.165, 1.54) is 11.3 Å². The van der Waals surface area contributed by atoms with Crippen molar-refractivity contribution in [1.29, 1.82) is 0 Å². The second-order valence-electron chi connectivity index (χ2n) is 4.23. The molecule has 106 valence electrons. The van der Waals surface area contributed by atoms with Gasteiger partial charge < -0.3 is 5.32 Å². The highest BCUT2D eigenvalue weighted by molar-refractivity contribution is 7.92. The summed E-state index contributed by atoms with van der Waals surface area (Å²) in [5.41, 5.74) is 1.30. The summed E-state index contributed by atoms with van der Waals surface area (Å²) in [6.45, 7) is 0.343. The molecule has 0 aliphatic rings. The summed E-state index contributed by atoms with van der Waals surface area (Å²) in [4.78, 5) is 12.4. The van der Waals surface area contributed by atoms with Gasteiger partial charge in [-0.05, 0) is 29.1 Å². The molecule has 2 rings (SSSR count). The molecule has 1 heterocycles. The maximum Gasteiger partial charge on any atom is 0.261 e. The highest BCUT2D eigenvalue weighted by Crippen LogP contribution is 2.13. The van der Waals surface area contributed by atoms with Gasteiger partial charge in [0.15, 0.2) is 0 Å². The van der Waals surface area contributed by atoms with Crippen LogP contribution in [0.4, 0.5) is 5.69 Å². The van der Waals surface area contributed by atoms with E-state index in [2.05, 4.69) is 10.0 Å². The molecule has 0 aliphatic carbocycles. The number of hydrogen-bond acceptors (Lipinski definition) is 4. The molecule has 0 fully saturated rings. The van der Waals surface area contributed by atoms with Crippen molar-refractivity contribution in [3.05, 3.63) is 52.2 Å². The standard InChI is InChI=1S/C13H14N2O3S2/c1-20(17,18)15-11-5-2-4-10(8-11)9-14-13(16)12-6-3-7-19-12/h2-8,15H,9H2,1H3,(H,14,16). The highest BCUT2D eigenvalue weighted by atomic mass is 32.2. The van der Waals surface area contributed by atoms with Gasteiger partial charge in [-0.3, -0.25) is 9.52 Å². The Morgan fingerprint density at radius 3 is 2.70 bits per heavy atom. The topological polar surface area (TPSA) is 75.3 Å². The first-order chi connectivity index (χ1) is 9.44. The molecule has 20 heavy (non-hydrogen) atoms.